The number of ether oxygens (including phenoxy) is 2. The van der Waals surface area contributed by atoms with Crippen molar-refractivity contribution in [1.82, 2.24) is 4.90 Å². The van der Waals surface area contributed by atoms with Crippen LogP contribution in [0.3, 0.4) is 0 Å². The summed E-state index contributed by atoms with van der Waals surface area (Å²) in [6.07, 6.45) is -0.812. The van der Waals surface area contributed by atoms with Crippen LogP contribution in [0.5, 0.6) is 5.75 Å². The maximum absolute atomic E-state index is 12.3. The van der Waals surface area contributed by atoms with Crippen LogP contribution in [-0.2, 0) is 4.74 Å². The Hall–Kier alpha value is -2.19. The molecule has 0 bridgehead atoms. The van der Waals surface area contributed by atoms with Gasteiger partial charge in [-0.25, -0.2) is 0 Å². The van der Waals surface area contributed by atoms with Crippen LogP contribution in [0.2, 0.25) is 0 Å². The lowest BCUT2D eigenvalue weighted by atomic mass is 10.1. The number of likely N-dealkylation sites (N-methyl/N-ethyl adjacent to an activating group) is 1. The van der Waals surface area contributed by atoms with E-state index in [1.165, 1.54) is 44.4 Å². The number of aliphatic hydroxyl groups is 1. The quantitative estimate of drug-likeness (QED) is 0.586. The fraction of sp³-hybridized carbons (Fsp3) is 0.462. The third-order valence-electron chi connectivity index (χ3n) is 2.82. The van der Waals surface area contributed by atoms with E-state index in [1.54, 1.807) is 0 Å². The van der Waals surface area contributed by atoms with Crippen LogP contribution in [0.1, 0.15) is 10.4 Å². The van der Waals surface area contributed by atoms with Crippen molar-refractivity contribution in [2.45, 2.75) is 6.10 Å². The van der Waals surface area contributed by atoms with Gasteiger partial charge in [0.05, 0.1) is 36.4 Å². The topological polar surface area (TPSA) is 102 Å². The summed E-state index contributed by atoms with van der Waals surface area (Å²) in [5, 5.41) is 20.3. The highest BCUT2D eigenvalue weighted by Gasteiger charge is 2.21. The number of hydrogen-bond donors (Lipinski definition) is 1. The van der Waals surface area contributed by atoms with Gasteiger partial charge in [0.25, 0.3) is 11.6 Å². The molecule has 0 aliphatic carbocycles. The highest BCUT2D eigenvalue weighted by Crippen LogP contribution is 2.25. The van der Waals surface area contributed by atoms with Crippen LogP contribution in [0.25, 0.3) is 0 Å². The average molecular weight is 298 g/mol. The Balaban J connectivity index is 2.93. The Labute approximate surface area is 122 Å². The van der Waals surface area contributed by atoms with E-state index in [4.69, 9.17) is 9.47 Å². The van der Waals surface area contributed by atoms with Gasteiger partial charge in [0.1, 0.15) is 5.75 Å². The molecule has 1 N–H and O–H groups in total. The van der Waals surface area contributed by atoms with E-state index in [0.717, 1.165) is 0 Å². The second-order valence-corrected chi connectivity index (χ2v) is 4.44. The van der Waals surface area contributed by atoms with Crippen LogP contribution in [0.15, 0.2) is 18.2 Å². The first-order valence-corrected chi connectivity index (χ1v) is 6.15. The standard InChI is InChI=1S/C13H18N2O6/c1-14(7-10(16)8-20-2)13(17)11-5-4-9(15(18)19)6-12(11)21-3/h4-6,10,16H,7-8H2,1-3H3. The summed E-state index contributed by atoms with van der Waals surface area (Å²) in [4.78, 5) is 23.7. The van der Waals surface area contributed by atoms with Crippen molar-refractivity contribution >= 4 is 11.6 Å². The summed E-state index contributed by atoms with van der Waals surface area (Å²) in [5.41, 5.74) is 0.0284. The van der Waals surface area contributed by atoms with Crippen molar-refractivity contribution in [3.8, 4) is 5.75 Å². The number of nitro benzene ring substituents is 1. The molecule has 0 heterocycles. The van der Waals surface area contributed by atoms with Crippen LogP contribution in [-0.4, -0.2) is 61.4 Å². The Morgan fingerprint density at radius 1 is 1.48 bits per heavy atom. The van der Waals surface area contributed by atoms with Crippen molar-refractivity contribution in [2.75, 3.05) is 34.4 Å². The zero-order valence-electron chi connectivity index (χ0n) is 12.1. The number of rotatable bonds is 7. The van der Waals surface area contributed by atoms with Gasteiger partial charge >= 0.3 is 0 Å². The molecule has 8 nitrogen and oxygen atoms in total. The minimum absolute atomic E-state index is 0.0762. The molecular formula is C13H18N2O6. The molecule has 8 heteroatoms. The van der Waals surface area contributed by atoms with Crippen molar-refractivity contribution < 1.29 is 24.3 Å². The van der Waals surface area contributed by atoms with Gasteiger partial charge in [0.2, 0.25) is 0 Å². The first-order chi connectivity index (χ1) is 9.90. The molecule has 1 atom stereocenters. The normalized spacial score (nSPS) is 11.8. The molecule has 1 amide bonds. The van der Waals surface area contributed by atoms with E-state index in [9.17, 15) is 20.0 Å². The molecule has 116 valence electrons. The number of amides is 1. The number of carbonyl (C=O) groups is 1. The van der Waals surface area contributed by atoms with Crippen LogP contribution >= 0.6 is 0 Å². The number of hydrogen-bond acceptors (Lipinski definition) is 6. The van der Waals surface area contributed by atoms with E-state index in [0.29, 0.717) is 0 Å². The van der Waals surface area contributed by atoms with Gasteiger partial charge in [-0.3, -0.25) is 14.9 Å². The second-order valence-electron chi connectivity index (χ2n) is 4.44. The molecule has 1 aromatic rings. The maximum atomic E-state index is 12.3. The third kappa shape index (κ3) is 4.40. The van der Waals surface area contributed by atoms with Crippen molar-refractivity contribution in [3.63, 3.8) is 0 Å². The second kappa shape index (κ2) is 7.55. The highest BCUT2D eigenvalue weighted by molar-refractivity contribution is 5.97. The lowest BCUT2D eigenvalue weighted by molar-refractivity contribution is -0.384. The van der Waals surface area contributed by atoms with Gasteiger partial charge in [-0.05, 0) is 6.07 Å². The zero-order valence-corrected chi connectivity index (χ0v) is 12.1. The number of aliphatic hydroxyl groups excluding tert-OH is 1. The molecule has 0 fully saturated rings. The molecule has 0 aliphatic rings. The number of nitro groups is 1. The smallest absolute Gasteiger partial charge is 0.273 e. The van der Waals surface area contributed by atoms with Crippen LogP contribution in [0, 0.1) is 10.1 Å². The fourth-order valence-corrected chi connectivity index (χ4v) is 1.82. The van der Waals surface area contributed by atoms with Crippen molar-refractivity contribution in [1.29, 1.82) is 0 Å². The minimum Gasteiger partial charge on any atom is -0.496 e. The molecule has 1 aromatic carbocycles. The zero-order chi connectivity index (χ0) is 16.0. The van der Waals surface area contributed by atoms with Crippen molar-refractivity contribution in [3.05, 3.63) is 33.9 Å². The molecule has 0 saturated heterocycles. The molecule has 0 aliphatic heterocycles. The molecule has 0 spiro atoms. The Bertz CT molecular complexity index is 519. The average Bonchev–Trinajstić information content (AvgIpc) is 2.45. The summed E-state index contributed by atoms with van der Waals surface area (Å²) in [6.45, 7) is 0.182. The summed E-state index contributed by atoms with van der Waals surface area (Å²) >= 11 is 0. The first-order valence-electron chi connectivity index (χ1n) is 6.15. The largest absolute Gasteiger partial charge is 0.496 e. The SMILES string of the molecule is COCC(O)CN(C)C(=O)c1ccc([N+](=O)[O-])cc1OC. The van der Waals surface area contributed by atoms with Gasteiger partial charge < -0.3 is 19.5 Å². The molecule has 1 unspecified atom stereocenters. The Kier molecular flexibility index (Phi) is 6.07. The summed E-state index contributed by atoms with van der Waals surface area (Å²) in [7, 11) is 4.29. The van der Waals surface area contributed by atoms with Crippen molar-refractivity contribution in [2.24, 2.45) is 0 Å². The predicted octanol–water partition coefficient (Wildman–Crippen LogP) is 0.683. The Morgan fingerprint density at radius 2 is 2.14 bits per heavy atom. The van der Waals surface area contributed by atoms with Gasteiger partial charge in [-0.1, -0.05) is 0 Å². The van der Waals surface area contributed by atoms with Gasteiger partial charge in [-0.2, -0.15) is 0 Å². The number of carbonyl (C=O) groups excluding carboxylic acids is 1. The lowest BCUT2D eigenvalue weighted by Gasteiger charge is -2.21. The molecule has 0 saturated carbocycles. The summed E-state index contributed by atoms with van der Waals surface area (Å²) in [5.74, 6) is -0.292. The number of benzene rings is 1. The van der Waals surface area contributed by atoms with E-state index in [1.807, 2.05) is 0 Å². The lowest BCUT2D eigenvalue weighted by Crippen LogP contribution is -2.36. The Morgan fingerprint density at radius 3 is 2.67 bits per heavy atom. The first kappa shape index (κ1) is 16.9. The molecule has 0 aromatic heterocycles. The molecule has 21 heavy (non-hydrogen) atoms. The predicted molar refractivity (Wildman–Crippen MR) is 74.5 cm³/mol. The third-order valence-corrected chi connectivity index (χ3v) is 2.82. The highest BCUT2D eigenvalue weighted by atomic mass is 16.6. The monoisotopic (exact) mass is 298 g/mol. The maximum Gasteiger partial charge on any atom is 0.273 e. The number of nitrogens with zero attached hydrogens (tertiary/aromatic N) is 2. The molecule has 0 radical (unpaired) electrons. The molecular weight excluding hydrogens is 280 g/mol. The van der Waals surface area contributed by atoms with E-state index >= 15 is 0 Å². The number of non-ortho nitro benzene ring substituents is 1. The minimum atomic E-state index is -0.812. The van der Waals surface area contributed by atoms with Gasteiger partial charge in [0, 0.05) is 26.8 Å². The van der Waals surface area contributed by atoms with E-state index in [-0.39, 0.29) is 30.2 Å². The summed E-state index contributed by atoms with van der Waals surface area (Å²) in [6, 6.07) is 3.75. The summed E-state index contributed by atoms with van der Waals surface area (Å²) < 4.78 is 9.81. The van der Waals surface area contributed by atoms with E-state index < -0.39 is 16.9 Å². The van der Waals surface area contributed by atoms with Gasteiger partial charge in [-0.15, -0.1) is 0 Å². The fourth-order valence-electron chi connectivity index (χ4n) is 1.82. The van der Waals surface area contributed by atoms with E-state index in [2.05, 4.69) is 0 Å². The van der Waals surface area contributed by atoms with Crippen LogP contribution < -0.4 is 4.74 Å². The van der Waals surface area contributed by atoms with Crippen LogP contribution in [0.4, 0.5) is 5.69 Å². The number of methoxy groups -OCH3 is 2. The molecule has 1 rings (SSSR count). The van der Waals surface area contributed by atoms with Gasteiger partial charge in [0.15, 0.2) is 0 Å².